The van der Waals surface area contributed by atoms with Gasteiger partial charge in [-0.05, 0) is 30.7 Å². The van der Waals surface area contributed by atoms with Crippen LogP contribution in [0.3, 0.4) is 0 Å². The molecule has 1 heterocycles. The van der Waals surface area contributed by atoms with Gasteiger partial charge in [-0.1, -0.05) is 15.9 Å². The maximum Gasteiger partial charge on any atom is 0.322 e. The van der Waals surface area contributed by atoms with Gasteiger partial charge in [0.1, 0.15) is 6.04 Å². The second kappa shape index (κ2) is 5.43. The number of hydrogen-bond acceptors (Lipinski definition) is 4. The number of thioether (sulfide) groups is 1. The SMILES string of the molecule is Cc1cc(S(=O)(=O)N2CSC[C@H]2C(=O)O)ccc1Br. The summed E-state index contributed by atoms with van der Waals surface area (Å²) in [5.41, 5.74) is 0.791. The summed E-state index contributed by atoms with van der Waals surface area (Å²) in [5, 5.41) is 9.07. The highest BCUT2D eigenvalue weighted by molar-refractivity contribution is 9.10. The van der Waals surface area contributed by atoms with Gasteiger partial charge in [0.05, 0.1) is 10.8 Å². The van der Waals surface area contributed by atoms with Crippen LogP contribution < -0.4 is 0 Å². The van der Waals surface area contributed by atoms with Gasteiger partial charge in [-0.2, -0.15) is 4.31 Å². The predicted molar refractivity (Wildman–Crippen MR) is 76.7 cm³/mol. The van der Waals surface area contributed by atoms with Gasteiger partial charge in [0.15, 0.2) is 0 Å². The summed E-state index contributed by atoms with van der Waals surface area (Å²) in [4.78, 5) is 11.2. The Morgan fingerprint density at radius 2 is 2.21 bits per heavy atom. The van der Waals surface area contributed by atoms with E-state index in [1.807, 2.05) is 0 Å². The molecule has 8 heteroatoms. The van der Waals surface area contributed by atoms with Gasteiger partial charge in [0.2, 0.25) is 10.0 Å². The van der Waals surface area contributed by atoms with Gasteiger partial charge in [0.25, 0.3) is 0 Å². The van der Waals surface area contributed by atoms with Crippen LogP contribution in [0.15, 0.2) is 27.6 Å². The van der Waals surface area contributed by atoms with E-state index < -0.39 is 22.0 Å². The summed E-state index contributed by atoms with van der Waals surface area (Å²) in [7, 11) is -3.76. The third kappa shape index (κ3) is 2.81. The first kappa shape index (κ1) is 14.8. The van der Waals surface area contributed by atoms with Gasteiger partial charge < -0.3 is 5.11 Å². The van der Waals surface area contributed by atoms with E-state index in [0.717, 1.165) is 14.3 Å². The summed E-state index contributed by atoms with van der Waals surface area (Å²) in [5.74, 6) is -0.652. The van der Waals surface area contributed by atoms with E-state index in [-0.39, 0.29) is 16.5 Å². The molecule has 1 atom stereocenters. The highest BCUT2D eigenvalue weighted by atomic mass is 79.9. The van der Waals surface area contributed by atoms with Gasteiger partial charge in [-0.15, -0.1) is 11.8 Å². The fourth-order valence-electron chi connectivity index (χ4n) is 1.77. The number of nitrogens with zero attached hydrogens (tertiary/aromatic N) is 1. The lowest BCUT2D eigenvalue weighted by atomic mass is 10.2. The first-order valence-corrected chi connectivity index (χ1v) is 8.81. The Morgan fingerprint density at radius 3 is 2.79 bits per heavy atom. The van der Waals surface area contributed by atoms with Crippen LogP contribution >= 0.6 is 27.7 Å². The summed E-state index contributed by atoms with van der Waals surface area (Å²) >= 11 is 4.61. The summed E-state index contributed by atoms with van der Waals surface area (Å²) < 4.78 is 26.8. The molecule has 0 unspecified atom stereocenters. The number of carbonyl (C=O) groups is 1. The molecule has 1 aromatic carbocycles. The lowest BCUT2D eigenvalue weighted by molar-refractivity contribution is -0.140. The molecule has 1 aliphatic heterocycles. The molecule has 1 aromatic rings. The van der Waals surface area contributed by atoms with E-state index >= 15 is 0 Å². The van der Waals surface area contributed by atoms with Crippen molar-refractivity contribution in [1.29, 1.82) is 0 Å². The van der Waals surface area contributed by atoms with Crippen molar-refractivity contribution in [1.82, 2.24) is 4.31 Å². The van der Waals surface area contributed by atoms with E-state index in [1.165, 1.54) is 17.8 Å². The van der Waals surface area contributed by atoms with Crippen LogP contribution in [0.4, 0.5) is 0 Å². The molecule has 1 saturated heterocycles. The summed E-state index contributed by atoms with van der Waals surface area (Å²) in [6.07, 6.45) is 0. The average Bonchev–Trinajstić information content (AvgIpc) is 2.82. The zero-order chi connectivity index (χ0) is 14.2. The molecule has 1 aliphatic rings. The van der Waals surface area contributed by atoms with Crippen molar-refractivity contribution in [3.8, 4) is 0 Å². The van der Waals surface area contributed by atoms with Gasteiger partial charge in [-0.3, -0.25) is 4.79 Å². The van der Waals surface area contributed by atoms with Crippen LogP contribution in [-0.2, 0) is 14.8 Å². The molecule has 0 aromatic heterocycles. The number of carboxylic acid groups (broad SMARTS) is 1. The second-order valence-electron chi connectivity index (χ2n) is 4.16. The third-order valence-electron chi connectivity index (χ3n) is 2.86. The van der Waals surface area contributed by atoms with Crippen LogP contribution in [0.25, 0.3) is 0 Å². The number of hydrogen-bond donors (Lipinski definition) is 1. The molecule has 2 rings (SSSR count). The molecule has 0 amide bonds. The Balaban J connectivity index is 2.42. The van der Waals surface area contributed by atoms with Crippen molar-refractivity contribution in [2.45, 2.75) is 17.9 Å². The van der Waals surface area contributed by atoms with E-state index in [4.69, 9.17) is 5.11 Å². The molecule has 0 radical (unpaired) electrons. The van der Waals surface area contributed by atoms with Crippen molar-refractivity contribution in [2.75, 3.05) is 11.6 Å². The lowest BCUT2D eigenvalue weighted by Crippen LogP contribution is -2.41. The fourth-order valence-corrected chi connectivity index (χ4v) is 5.24. The minimum absolute atomic E-state index is 0.127. The standard InChI is InChI=1S/C11H12BrNO4S2/c1-7-4-8(2-3-9(7)12)19(16,17)13-6-18-5-10(13)11(14)15/h2-4,10H,5-6H2,1H3,(H,14,15)/t10-/m0/s1. The van der Waals surface area contributed by atoms with E-state index in [0.29, 0.717) is 0 Å². The highest BCUT2D eigenvalue weighted by Gasteiger charge is 2.40. The lowest BCUT2D eigenvalue weighted by Gasteiger charge is -2.20. The minimum Gasteiger partial charge on any atom is -0.480 e. The second-order valence-corrected chi connectivity index (χ2v) is 7.90. The largest absolute Gasteiger partial charge is 0.480 e. The van der Waals surface area contributed by atoms with Crippen molar-refractivity contribution in [2.24, 2.45) is 0 Å². The molecule has 0 aliphatic carbocycles. The first-order valence-electron chi connectivity index (χ1n) is 5.42. The molecule has 0 spiro atoms. The Labute approximate surface area is 124 Å². The van der Waals surface area contributed by atoms with Gasteiger partial charge in [-0.25, -0.2) is 8.42 Å². The van der Waals surface area contributed by atoms with Crippen molar-refractivity contribution >= 4 is 43.7 Å². The third-order valence-corrected chi connectivity index (χ3v) is 6.78. The van der Waals surface area contributed by atoms with Gasteiger partial charge in [0, 0.05) is 10.2 Å². The fraction of sp³-hybridized carbons (Fsp3) is 0.364. The number of rotatable bonds is 3. The Kier molecular flexibility index (Phi) is 4.24. The molecule has 1 N–H and O–H groups in total. The molecular weight excluding hydrogens is 354 g/mol. The number of aryl methyl sites for hydroxylation is 1. The number of aliphatic carboxylic acids is 1. The molecule has 0 bridgehead atoms. The maximum absolute atomic E-state index is 12.4. The quantitative estimate of drug-likeness (QED) is 0.885. The molecule has 104 valence electrons. The molecule has 0 saturated carbocycles. The van der Waals surface area contributed by atoms with Crippen LogP contribution in [0.5, 0.6) is 0 Å². The number of carboxylic acids is 1. The minimum atomic E-state index is -3.76. The van der Waals surface area contributed by atoms with Crippen LogP contribution in [0.1, 0.15) is 5.56 Å². The van der Waals surface area contributed by atoms with Crippen LogP contribution in [0, 0.1) is 6.92 Å². The van der Waals surface area contributed by atoms with E-state index in [1.54, 1.807) is 19.1 Å². The smallest absolute Gasteiger partial charge is 0.322 e. The first-order chi connectivity index (χ1) is 8.84. The monoisotopic (exact) mass is 365 g/mol. The average molecular weight is 366 g/mol. The van der Waals surface area contributed by atoms with Crippen LogP contribution in [0.2, 0.25) is 0 Å². The maximum atomic E-state index is 12.4. The molecule has 1 fully saturated rings. The molecular formula is C11H12BrNO4S2. The van der Waals surface area contributed by atoms with E-state index in [9.17, 15) is 13.2 Å². The van der Waals surface area contributed by atoms with Gasteiger partial charge >= 0.3 is 5.97 Å². The topological polar surface area (TPSA) is 74.7 Å². The zero-order valence-corrected chi connectivity index (χ0v) is 13.3. The van der Waals surface area contributed by atoms with Crippen molar-refractivity contribution < 1.29 is 18.3 Å². The molecule has 19 heavy (non-hydrogen) atoms. The summed E-state index contributed by atoms with van der Waals surface area (Å²) in [6.45, 7) is 1.79. The van der Waals surface area contributed by atoms with E-state index in [2.05, 4.69) is 15.9 Å². The predicted octanol–water partition coefficient (Wildman–Crippen LogP) is 1.91. The van der Waals surface area contributed by atoms with Crippen LogP contribution in [-0.4, -0.2) is 41.5 Å². The Morgan fingerprint density at radius 1 is 1.53 bits per heavy atom. The summed E-state index contributed by atoms with van der Waals surface area (Å²) in [6, 6.07) is 3.69. The Bertz CT molecular complexity index is 617. The number of halogens is 1. The number of sulfonamides is 1. The highest BCUT2D eigenvalue weighted by Crippen LogP contribution is 2.29. The zero-order valence-electron chi connectivity index (χ0n) is 10.0. The number of benzene rings is 1. The van der Waals surface area contributed by atoms with Crippen molar-refractivity contribution in [3.63, 3.8) is 0 Å². The Hall–Kier alpha value is -0.570. The van der Waals surface area contributed by atoms with Crippen molar-refractivity contribution in [3.05, 3.63) is 28.2 Å². The molecule has 5 nitrogen and oxygen atoms in total. The normalized spacial score (nSPS) is 20.6.